The first-order chi connectivity index (χ1) is 12.0. The number of thiophene rings is 1. The second kappa shape index (κ2) is 6.78. The van der Waals surface area contributed by atoms with Crippen LogP contribution in [0.2, 0.25) is 5.15 Å². The number of aliphatic carboxylic acids is 1. The lowest BCUT2D eigenvalue weighted by Crippen LogP contribution is -2.19. The number of imidazole rings is 1. The summed E-state index contributed by atoms with van der Waals surface area (Å²) in [6, 6.07) is 3.89. The molecule has 0 amide bonds. The van der Waals surface area contributed by atoms with Crippen LogP contribution >= 0.6 is 45.5 Å². The normalized spacial score (nSPS) is 20.4. The van der Waals surface area contributed by atoms with E-state index in [1.807, 2.05) is 44.7 Å². The highest BCUT2D eigenvalue weighted by molar-refractivity contribution is 14.1. The van der Waals surface area contributed by atoms with E-state index in [-0.39, 0.29) is 17.5 Å². The Hall–Kier alpha value is -1.30. The molecule has 1 N–H and O–H groups in total. The molecule has 130 valence electrons. The second-order valence-corrected chi connectivity index (χ2v) is 7.92. The van der Waals surface area contributed by atoms with Gasteiger partial charge in [0.2, 0.25) is 0 Å². The van der Waals surface area contributed by atoms with E-state index in [0.717, 1.165) is 4.88 Å². The van der Waals surface area contributed by atoms with Crippen LogP contribution in [0.4, 0.5) is 0 Å². The lowest BCUT2D eigenvalue weighted by Gasteiger charge is -2.21. The minimum absolute atomic E-state index is 0.0319. The molecule has 0 spiro atoms. The average molecular weight is 491 g/mol. The number of ether oxygens (including phenoxy) is 1. The molecule has 3 aromatic heterocycles. The Balaban J connectivity index is 1.94. The van der Waals surface area contributed by atoms with Crippen molar-refractivity contribution < 1.29 is 14.6 Å². The molecule has 2 atom stereocenters. The number of rotatable bonds is 4. The molecule has 10 heteroatoms. The van der Waals surface area contributed by atoms with E-state index in [4.69, 9.17) is 16.3 Å². The Labute approximate surface area is 165 Å². The summed E-state index contributed by atoms with van der Waals surface area (Å²) in [5, 5.41) is 11.5. The number of halogens is 2. The third kappa shape index (κ3) is 3.14. The van der Waals surface area contributed by atoms with Crippen LogP contribution < -0.4 is 0 Å². The number of carboxylic acid groups (broad SMARTS) is 1. The molecule has 0 aliphatic carbocycles. The molecule has 25 heavy (non-hydrogen) atoms. The molecule has 1 aliphatic rings. The van der Waals surface area contributed by atoms with Gasteiger partial charge in [-0.15, -0.1) is 11.3 Å². The van der Waals surface area contributed by atoms with E-state index in [2.05, 4.69) is 15.0 Å². The molecular formula is C15H12ClIN4O3S. The van der Waals surface area contributed by atoms with E-state index >= 15 is 0 Å². The van der Waals surface area contributed by atoms with E-state index < -0.39 is 12.2 Å². The highest BCUT2D eigenvalue weighted by atomic mass is 127. The zero-order valence-corrected chi connectivity index (χ0v) is 16.5. The summed E-state index contributed by atoms with van der Waals surface area (Å²) in [5.74, 6) is -0.324. The van der Waals surface area contributed by atoms with Crippen LogP contribution in [0, 0.1) is 9.75 Å². The maximum atomic E-state index is 11.2. The molecule has 0 radical (unpaired) electrons. The largest absolute Gasteiger partial charge is 0.481 e. The maximum Gasteiger partial charge on any atom is 0.303 e. The van der Waals surface area contributed by atoms with Gasteiger partial charge in [-0.05, 0) is 17.9 Å². The smallest absolute Gasteiger partial charge is 0.303 e. The van der Waals surface area contributed by atoms with Crippen molar-refractivity contribution in [2.75, 3.05) is 6.61 Å². The summed E-state index contributed by atoms with van der Waals surface area (Å²) < 4.78 is 8.27. The van der Waals surface area contributed by atoms with Crippen LogP contribution in [0.15, 0.2) is 17.5 Å². The number of aromatic nitrogens is 4. The van der Waals surface area contributed by atoms with E-state index in [0.29, 0.717) is 33.8 Å². The zero-order chi connectivity index (χ0) is 17.6. The van der Waals surface area contributed by atoms with Gasteiger partial charge in [-0.25, -0.2) is 15.0 Å². The van der Waals surface area contributed by atoms with Gasteiger partial charge in [0.1, 0.15) is 11.7 Å². The number of hydrogen-bond donors (Lipinski definition) is 1. The fraction of sp³-hybridized carbons (Fsp3) is 0.333. The fourth-order valence-electron chi connectivity index (χ4n) is 3.07. The molecule has 0 aromatic carbocycles. The first-order valence-electron chi connectivity index (χ1n) is 7.53. The molecule has 7 nitrogen and oxygen atoms in total. The molecule has 4 heterocycles. The van der Waals surface area contributed by atoms with Gasteiger partial charge < -0.3 is 9.84 Å². The first kappa shape index (κ1) is 17.1. The third-order valence-corrected chi connectivity index (χ3v) is 5.69. The standard InChI is InChI=1S/C15H12ClIN4O3S/c16-11-10-13(20-15(17)19-11)21(12(18-10)8-2-1-5-25-8)14-7(3-4-24-14)6-9(22)23/h1-2,5,7,14H,3-4,6H2,(H,22,23)/t7-,14-/m1/s1. The Bertz CT molecular complexity index is 946. The lowest BCUT2D eigenvalue weighted by molar-refractivity contribution is -0.139. The van der Waals surface area contributed by atoms with Gasteiger partial charge in [-0.3, -0.25) is 9.36 Å². The highest BCUT2D eigenvalue weighted by Gasteiger charge is 2.35. The molecular weight excluding hydrogens is 479 g/mol. The third-order valence-electron chi connectivity index (χ3n) is 4.08. The van der Waals surface area contributed by atoms with Crippen LogP contribution in [0.25, 0.3) is 21.9 Å². The zero-order valence-electron chi connectivity index (χ0n) is 12.7. The summed E-state index contributed by atoms with van der Waals surface area (Å²) in [6.45, 7) is 0.502. The van der Waals surface area contributed by atoms with Gasteiger partial charge in [-0.1, -0.05) is 17.7 Å². The molecule has 0 unspecified atom stereocenters. The summed E-state index contributed by atoms with van der Waals surface area (Å²) in [5.41, 5.74) is 1.06. The minimum atomic E-state index is -0.843. The molecule has 3 aromatic rings. The first-order valence-corrected chi connectivity index (χ1v) is 9.86. The van der Waals surface area contributed by atoms with Gasteiger partial charge in [-0.2, -0.15) is 0 Å². The topological polar surface area (TPSA) is 90.1 Å². The Kier molecular flexibility index (Phi) is 4.65. The number of carbonyl (C=O) groups is 1. The van der Waals surface area contributed by atoms with Crippen LogP contribution in [0.1, 0.15) is 19.1 Å². The monoisotopic (exact) mass is 490 g/mol. The quantitative estimate of drug-likeness (QED) is 0.340. The SMILES string of the molecule is O=C(O)C[C@H]1CCO[C@H]1n1c(-c2cccs2)nc2c(Cl)nc(I)nc21. The number of carboxylic acids is 1. The van der Waals surface area contributed by atoms with Crippen molar-refractivity contribution in [3.63, 3.8) is 0 Å². The van der Waals surface area contributed by atoms with E-state index in [1.165, 1.54) is 0 Å². The van der Waals surface area contributed by atoms with Crippen molar-refractivity contribution in [1.82, 2.24) is 19.5 Å². The maximum absolute atomic E-state index is 11.2. The Morgan fingerprint density at radius 2 is 2.32 bits per heavy atom. The summed E-state index contributed by atoms with van der Waals surface area (Å²) in [6.07, 6.45) is 0.264. The number of fused-ring (bicyclic) bond motifs is 1. The minimum Gasteiger partial charge on any atom is -0.481 e. The predicted octanol–water partition coefficient (Wildman–Crippen LogP) is 3.82. The summed E-state index contributed by atoms with van der Waals surface area (Å²) >= 11 is 9.82. The average Bonchev–Trinajstić information content (AvgIpc) is 3.24. The molecule has 1 fully saturated rings. The predicted molar refractivity (Wildman–Crippen MR) is 102 cm³/mol. The van der Waals surface area contributed by atoms with Gasteiger partial charge in [0, 0.05) is 35.1 Å². The molecule has 1 saturated heterocycles. The van der Waals surface area contributed by atoms with Gasteiger partial charge in [0.15, 0.2) is 20.5 Å². The molecule has 0 saturated carbocycles. The second-order valence-electron chi connectivity index (χ2n) is 5.65. The Morgan fingerprint density at radius 3 is 3.04 bits per heavy atom. The van der Waals surface area contributed by atoms with Crippen molar-refractivity contribution in [3.8, 4) is 10.7 Å². The summed E-state index contributed by atoms with van der Waals surface area (Å²) in [7, 11) is 0. The highest BCUT2D eigenvalue weighted by Crippen LogP contribution is 2.40. The van der Waals surface area contributed by atoms with Crippen molar-refractivity contribution in [1.29, 1.82) is 0 Å². The van der Waals surface area contributed by atoms with Gasteiger partial charge >= 0.3 is 5.97 Å². The Morgan fingerprint density at radius 1 is 1.48 bits per heavy atom. The fourth-order valence-corrected chi connectivity index (χ4v) is 4.60. The number of hydrogen-bond acceptors (Lipinski definition) is 6. The van der Waals surface area contributed by atoms with E-state index in [9.17, 15) is 9.90 Å². The summed E-state index contributed by atoms with van der Waals surface area (Å²) in [4.78, 5) is 25.5. The van der Waals surface area contributed by atoms with Crippen molar-refractivity contribution in [2.24, 2.45) is 5.92 Å². The van der Waals surface area contributed by atoms with Crippen molar-refractivity contribution >= 4 is 62.7 Å². The van der Waals surface area contributed by atoms with Crippen LogP contribution in [0.3, 0.4) is 0 Å². The lowest BCUT2D eigenvalue weighted by atomic mass is 10.0. The van der Waals surface area contributed by atoms with Gasteiger partial charge in [0.25, 0.3) is 0 Å². The van der Waals surface area contributed by atoms with Crippen LogP contribution in [-0.4, -0.2) is 37.2 Å². The van der Waals surface area contributed by atoms with E-state index in [1.54, 1.807) is 11.3 Å². The van der Waals surface area contributed by atoms with Crippen LogP contribution in [-0.2, 0) is 9.53 Å². The van der Waals surface area contributed by atoms with Crippen molar-refractivity contribution in [3.05, 3.63) is 26.5 Å². The molecule has 1 aliphatic heterocycles. The van der Waals surface area contributed by atoms with Crippen LogP contribution in [0.5, 0.6) is 0 Å². The molecule has 0 bridgehead atoms. The molecule has 4 rings (SSSR count). The number of nitrogens with zero attached hydrogens (tertiary/aromatic N) is 4. The van der Waals surface area contributed by atoms with Gasteiger partial charge in [0.05, 0.1) is 11.3 Å². The van der Waals surface area contributed by atoms with Crippen molar-refractivity contribution in [2.45, 2.75) is 19.1 Å².